The summed E-state index contributed by atoms with van der Waals surface area (Å²) < 4.78 is 1.74. The zero-order valence-corrected chi connectivity index (χ0v) is 10.2. The molecular weight excluding hydrogens is 236 g/mol. The molecule has 0 amide bonds. The van der Waals surface area contributed by atoms with E-state index in [0.717, 1.165) is 37.1 Å². The van der Waals surface area contributed by atoms with Gasteiger partial charge in [0.05, 0.1) is 16.3 Å². The van der Waals surface area contributed by atoms with Crippen molar-refractivity contribution >= 4 is 22.5 Å². The van der Waals surface area contributed by atoms with Gasteiger partial charge in [-0.05, 0) is 31.4 Å². The van der Waals surface area contributed by atoms with Gasteiger partial charge in [-0.15, -0.1) is 11.6 Å². The third-order valence-electron chi connectivity index (χ3n) is 3.26. The van der Waals surface area contributed by atoms with Gasteiger partial charge in [0.2, 0.25) is 0 Å². The number of aromatic nitrogens is 2. The molecule has 0 N–H and O–H groups in total. The molecule has 0 radical (unpaired) electrons. The predicted molar refractivity (Wildman–Crippen MR) is 68.4 cm³/mol. The number of halogens is 1. The summed E-state index contributed by atoms with van der Waals surface area (Å²) in [6.07, 6.45) is 2.94. The Kier molecular flexibility index (Phi) is 2.63. The van der Waals surface area contributed by atoms with E-state index in [1.54, 1.807) is 4.57 Å². The van der Waals surface area contributed by atoms with Gasteiger partial charge in [0.1, 0.15) is 5.82 Å². The first-order valence-electron chi connectivity index (χ1n) is 5.91. The second-order valence-corrected chi connectivity index (χ2v) is 4.93. The van der Waals surface area contributed by atoms with Crippen LogP contribution in [0.3, 0.4) is 0 Å². The maximum atomic E-state index is 12.3. The molecule has 1 aromatic heterocycles. The van der Waals surface area contributed by atoms with Crippen molar-refractivity contribution in [3.8, 4) is 0 Å². The highest BCUT2D eigenvalue weighted by molar-refractivity contribution is 6.20. The molecule has 0 bridgehead atoms. The molecule has 0 unspecified atom stereocenters. The molecule has 2 heterocycles. The molecule has 2 aromatic rings. The lowest BCUT2D eigenvalue weighted by Crippen LogP contribution is -2.25. The number of para-hydroxylation sites is 1. The topological polar surface area (TPSA) is 34.9 Å². The van der Waals surface area contributed by atoms with Crippen molar-refractivity contribution in [1.29, 1.82) is 0 Å². The van der Waals surface area contributed by atoms with Crippen molar-refractivity contribution in [2.75, 3.05) is 0 Å². The highest BCUT2D eigenvalue weighted by Gasteiger charge is 2.20. The summed E-state index contributed by atoms with van der Waals surface area (Å²) in [5.41, 5.74) is 0.787. The van der Waals surface area contributed by atoms with Crippen molar-refractivity contribution in [2.24, 2.45) is 0 Å². The summed E-state index contributed by atoms with van der Waals surface area (Å²) in [5, 5.41) is 0.539. The van der Waals surface area contributed by atoms with E-state index in [0.29, 0.717) is 5.39 Å². The van der Waals surface area contributed by atoms with Gasteiger partial charge < -0.3 is 0 Å². The molecule has 0 fully saturated rings. The second-order valence-electron chi connectivity index (χ2n) is 4.41. The quantitative estimate of drug-likeness (QED) is 0.672. The maximum Gasteiger partial charge on any atom is 0.261 e. The molecule has 3 nitrogen and oxygen atoms in total. The van der Waals surface area contributed by atoms with E-state index in [2.05, 4.69) is 4.98 Å². The molecule has 1 aromatic carbocycles. The normalized spacial score (nSPS) is 19.9. The summed E-state index contributed by atoms with van der Waals surface area (Å²) in [4.78, 5) is 16.9. The standard InChI is InChI=1S/C13H13ClN2O/c14-10-6-3-4-8-16-12(10)15-11-7-2-1-5-9(11)13(16)17/h1-2,5,7,10H,3-4,6,8H2/t10-/m0/s1. The Morgan fingerprint density at radius 3 is 3.00 bits per heavy atom. The first-order chi connectivity index (χ1) is 8.27. The van der Waals surface area contributed by atoms with Crippen LogP contribution in [0.5, 0.6) is 0 Å². The second kappa shape index (κ2) is 4.15. The Balaban J connectivity index is 2.36. The summed E-state index contributed by atoms with van der Waals surface area (Å²) in [5.74, 6) is 0.730. The largest absolute Gasteiger partial charge is 0.295 e. The zero-order valence-electron chi connectivity index (χ0n) is 9.40. The molecule has 0 saturated heterocycles. The van der Waals surface area contributed by atoms with Crippen LogP contribution in [0.1, 0.15) is 30.5 Å². The molecule has 1 aliphatic rings. The minimum atomic E-state index is -0.144. The fourth-order valence-electron chi connectivity index (χ4n) is 2.36. The van der Waals surface area contributed by atoms with E-state index < -0.39 is 0 Å². The minimum Gasteiger partial charge on any atom is -0.295 e. The van der Waals surface area contributed by atoms with Crippen molar-refractivity contribution in [1.82, 2.24) is 9.55 Å². The molecule has 0 spiro atoms. The highest BCUT2D eigenvalue weighted by Crippen LogP contribution is 2.28. The van der Waals surface area contributed by atoms with Crippen LogP contribution in [0.25, 0.3) is 10.9 Å². The molecule has 17 heavy (non-hydrogen) atoms. The smallest absolute Gasteiger partial charge is 0.261 e. The Morgan fingerprint density at radius 1 is 1.29 bits per heavy atom. The van der Waals surface area contributed by atoms with E-state index in [-0.39, 0.29) is 10.9 Å². The molecule has 0 aliphatic carbocycles. The fraction of sp³-hybridized carbons (Fsp3) is 0.385. The average molecular weight is 249 g/mol. The first-order valence-corrected chi connectivity index (χ1v) is 6.34. The van der Waals surface area contributed by atoms with E-state index in [4.69, 9.17) is 11.6 Å². The van der Waals surface area contributed by atoms with Crippen LogP contribution in [-0.4, -0.2) is 9.55 Å². The monoisotopic (exact) mass is 248 g/mol. The average Bonchev–Trinajstić information content (AvgIpc) is 2.53. The maximum absolute atomic E-state index is 12.3. The third-order valence-corrected chi connectivity index (χ3v) is 3.67. The lowest BCUT2D eigenvalue weighted by atomic mass is 10.2. The first kappa shape index (κ1) is 10.8. The number of rotatable bonds is 0. The van der Waals surface area contributed by atoms with E-state index >= 15 is 0 Å². The zero-order chi connectivity index (χ0) is 11.8. The SMILES string of the molecule is O=c1c2ccccc2nc2n1CCCC[C@@H]2Cl. The number of fused-ring (bicyclic) bond motifs is 2. The van der Waals surface area contributed by atoms with Gasteiger partial charge in [0.15, 0.2) is 0 Å². The molecule has 4 heteroatoms. The van der Waals surface area contributed by atoms with Crippen LogP contribution in [0.15, 0.2) is 29.1 Å². The molecule has 1 aliphatic heterocycles. The number of hydrogen-bond donors (Lipinski definition) is 0. The molecule has 0 saturated carbocycles. The number of nitrogens with zero attached hydrogens (tertiary/aromatic N) is 2. The van der Waals surface area contributed by atoms with Gasteiger partial charge >= 0.3 is 0 Å². The Morgan fingerprint density at radius 2 is 2.12 bits per heavy atom. The lowest BCUT2D eigenvalue weighted by molar-refractivity contribution is 0.614. The number of alkyl halides is 1. The Bertz CT molecular complexity index is 620. The Hall–Kier alpha value is -1.35. The summed E-state index contributed by atoms with van der Waals surface area (Å²) in [6, 6.07) is 7.46. The van der Waals surface area contributed by atoms with Crippen LogP contribution in [0.4, 0.5) is 0 Å². The van der Waals surface area contributed by atoms with Crippen LogP contribution < -0.4 is 5.56 Å². The molecule has 88 valence electrons. The van der Waals surface area contributed by atoms with Gasteiger partial charge in [-0.2, -0.15) is 0 Å². The van der Waals surface area contributed by atoms with Gasteiger partial charge in [-0.1, -0.05) is 12.1 Å². The van der Waals surface area contributed by atoms with Crippen molar-refractivity contribution in [3.63, 3.8) is 0 Å². The van der Waals surface area contributed by atoms with Crippen molar-refractivity contribution in [3.05, 3.63) is 40.4 Å². The van der Waals surface area contributed by atoms with E-state index in [1.165, 1.54) is 0 Å². The summed E-state index contributed by atoms with van der Waals surface area (Å²) >= 11 is 6.30. The third kappa shape index (κ3) is 1.75. The van der Waals surface area contributed by atoms with E-state index in [9.17, 15) is 4.79 Å². The van der Waals surface area contributed by atoms with Crippen molar-refractivity contribution in [2.45, 2.75) is 31.2 Å². The molecule has 3 rings (SSSR count). The van der Waals surface area contributed by atoms with Gasteiger partial charge in [-0.3, -0.25) is 9.36 Å². The molecule has 1 atom stereocenters. The van der Waals surface area contributed by atoms with Gasteiger partial charge in [-0.25, -0.2) is 4.98 Å². The minimum absolute atomic E-state index is 0.0400. The molecular formula is C13H13ClN2O. The van der Waals surface area contributed by atoms with Crippen LogP contribution in [-0.2, 0) is 6.54 Å². The predicted octanol–water partition coefficient (Wildman–Crippen LogP) is 2.86. The fourth-order valence-corrected chi connectivity index (χ4v) is 2.68. The van der Waals surface area contributed by atoms with Crippen LogP contribution in [0.2, 0.25) is 0 Å². The lowest BCUT2D eigenvalue weighted by Gasteiger charge is -2.12. The van der Waals surface area contributed by atoms with Gasteiger partial charge in [0, 0.05) is 6.54 Å². The van der Waals surface area contributed by atoms with E-state index in [1.807, 2.05) is 24.3 Å². The number of benzene rings is 1. The summed E-state index contributed by atoms with van der Waals surface area (Å²) in [7, 11) is 0. The van der Waals surface area contributed by atoms with Crippen molar-refractivity contribution < 1.29 is 0 Å². The highest BCUT2D eigenvalue weighted by atomic mass is 35.5. The van der Waals surface area contributed by atoms with Crippen LogP contribution >= 0.6 is 11.6 Å². The number of hydrogen-bond acceptors (Lipinski definition) is 2. The van der Waals surface area contributed by atoms with Crippen LogP contribution in [0, 0.1) is 0 Å². The van der Waals surface area contributed by atoms with Gasteiger partial charge in [0.25, 0.3) is 5.56 Å². The summed E-state index contributed by atoms with van der Waals surface area (Å²) in [6.45, 7) is 0.731. The Labute approximate surface area is 104 Å².